The lowest BCUT2D eigenvalue weighted by atomic mass is 10.0. The number of carbonyl (C=O) groups excluding carboxylic acids is 2. The number of hydrogen-bond acceptors (Lipinski definition) is 3. The second-order valence-electron chi connectivity index (χ2n) is 3.95. The maximum absolute atomic E-state index is 11.8. The van der Waals surface area contributed by atoms with Gasteiger partial charge in [-0.05, 0) is 12.1 Å². The van der Waals surface area contributed by atoms with Gasteiger partial charge in [-0.15, -0.1) is 0 Å². The Morgan fingerprint density at radius 1 is 0.833 bits per heavy atom. The zero-order valence-electron chi connectivity index (χ0n) is 9.87. The zero-order chi connectivity index (χ0) is 12.8. The molecule has 1 aromatic heterocycles. The molecule has 0 amide bonds. The summed E-state index contributed by atoms with van der Waals surface area (Å²) in [5, 5.41) is 0. The van der Waals surface area contributed by atoms with Crippen LogP contribution >= 0.6 is 0 Å². The third kappa shape index (κ3) is 3.10. The summed E-state index contributed by atoms with van der Waals surface area (Å²) in [6.45, 7) is 0. The van der Waals surface area contributed by atoms with Crippen LogP contribution in [0.3, 0.4) is 0 Å². The molecule has 18 heavy (non-hydrogen) atoms. The van der Waals surface area contributed by atoms with E-state index in [4.69, 9.17) is 0 Å². The number of carbonyl (C=O) groups is 2. The minimum absolute atomic E-state index is 0.00663. The van der Waals surface area contributed by atoms with Crippen molar-refractivity contribution in [3.05, 3.63) is 66.0 Å². The molecule has 2 aromatic rings. The second-order valence-corrected chi connectivity index (χ2v) is 3.95. The lowest BCUT2D eigenvalue weighted by molar-refractivity contribution is 0.0917. The van der Waals surface area contributed by atoms with Crippen LogP contribution < -0.4 is 0 Å². The number of aromatic nitrogens is 1. The molecule has 2 rings (SSSR count). The fraction of sp³-hybridized carbons (Fsp3) is 0.133. The van der Waals surface area contributed by atoms with Gasteiger partial charge in [-0.2, -0.15) is 0 Å². The molecule has 0 saturated carbocycles. The first-order valence-electron chi connectivity index (χ1n) is 5.79. The molecule has 0 radical (unpaired) electrons. The van der Waals surface area contributed by atoms with Gasteiger partial charge in [-0.3, -0.25) is 14.6 Å². The Morgan fingerprint density at radius 3 is 2.06 bits per heavy atom. The summed E-state index contributed by atoms with van der Waals surface area (Å²) in [7, 11) is 0. The summed E-state index contributed by atoms with van der Waals surface area (Å²) in [4.78, 5) is 27.5. The largest absolute Gasteiger partial charge is 0.294 e. The fourth-order valence-electron chi connectivity index (χ4n) is 1.67. The van der Waals surface area contributed by atoms with Crippen LogP contribution in [0.2, 0.25) is 0 Å². The average Bonchev–Trinajstić information content (AvgIpc) is 2.46. The average molecular weight is 239 g/mol. The molecule has 0 aliphatic carbocycles. The predicted molar refractivity (Wildman–Crippen MR) is 68.6 cm³/mol. The number of hydrogen-bond donors (Lipinski definition) is 0. The quantitative estimate of drug-likeness (QED) is 0.754. The van der Waals surface area contributed by atoms with Crippen molar-refractivity contribution in [2.75, 3.05) is 0 Å². The SMILES string of the molecule is O=C(CCC(=O)c1cccnc1)c1ccccc1. The Labute approximate surface area is 105 Å². The van der Waals surface area contributed by atoms with Gasteiger partial charge in [0.15, 0.2) is 11.6 Å². The van der Waals surface area contributed by atoms with Crippen LogP contribution in [0.1, 0.15) is 33.6 Å². The molecule has 0 saturated heterocycles. The molecule has 0 bridgehead atoms. The van der Waals surface area contributed by atoms with Crippen LogP contribution in [0, 0.1) is 0 Å². The summed E-state index contributed by atoms with van der Waals surface area (Å²) < 4.78 is 0. The molecule has 1 aromatic carbocycles. The standard InChI is InChI=1S/C15H13NO2/c17-14(12-5-2-1-3-6-12)8-9-15(18)13-7-4-10-16-11-13/h1-7,10-11H,8-9H2. The van der Waals surface area contributed by atoms with Crippen molar-refractivity contribution >= 4 is 11.6 Å². The van der Waals surface area contributed by atoms with Gasteiger partial charge in [-0.25, -0.2) is 0 Å². The fourth-order valence-corrected chi connectivity index (χ4v) is 1.67. The molecule has 0 fully saturated rings. The third-order valence-corrected chi connectivity index (χ3v) is 2.66. The number of pyridine rings is 1. The molecular weight excluding hydrogens is 226 g/mol. The van der Waals surface area contributed by atoms with Crippen molar-refractivity contribution in [2.45, 2.75) is 12.8 Å². The minimum Gasteiger partial charge on any atom is -0.294 e. The molecule has 0 unspecified atom stereocenters. The van der Waals surface area contributed by atoms with E-state index in [1.165, 1.54) is 6.20 Å². The van der Waals surface area contributed by atoms with Gasteiger partial charge < -0.3 is 0 Å². The Kier molecular flexibility index (Phi) is 3.97. The van der Waals surface area contributed by atoms with Crippen LogP contribution in [-0.2, 0) is 0 Å². The summed E-state index contributed by atoms with van der Waals surface area (Å²) in [6.07, 6.45) is 3.60. The van der Waals surface area contributed by atoms with E-state index < -0.39 is 0 Å². The molecule has 0 spiro atoms. The third-order valence-electron chi connectivity index (χ3n) is 2.66. The highest BCUT2D eigenvalue weighted by Crippen LogP contribution is 2.08. The van der Waals surface area contributed by atoms with E-state index >= 15 is 0 Å². The second kappa shape index (κ2) is 5.87. The Hall–Kier alpha value is -2.29. The number of nitrogens with zero attached hydrogens (tertiary/aromatic N) is 1. The molecule has 0 N–H and O–H groups in total. The van der Waals surface area contributed by atoms with Crippen molar-refractivity contribution in [1.29, 1.82) is 0 Å². The smallest absolute Gasteiger partial charge is 0.164 e. The van der Waals surface area contributed by atoms with Gasteiger partial charge in [0.1, 0.15) is 0 Å². The first-order valence-corrected chi connectivity index (χ1v) is 5.79. The van der Waals surface area contributed by atoms with E-state index in [-0.39, 0.29) is 24.4 Å². The molecule has 0 aliphatic rings. The van der Waals surface area contributed by atoms with Crippen molar-refractivity contribution < 1.29 is 9.59 Å². The maximum Gasteiger partial charge on any atom is 0.164 e. The van der Waals surface area contributed by atoms with E-state index in [1.54, 1.807) is 30.5 Å². The number of ketones is 2. The van der Waals surface area contributed by atoms with Crippen LogP contribution in [0.25, 0.3) is 0 Å². The number of rotatable bonds is 5. The minimum atomic E-state index is -0.0487. The van der Waals surface area contributed by atoms with Crippen LogP contribution in [0.4, 0.5) is 0 Å². The summed E-state index contributed by atoms with van der Waals surface area (Å²) in [5.41, 5.74) is 1.20. The molecule has 0 atom stereocenters. The van der Waals surface area contributed by atoms with Crippen molar-refractivity contribution in [3.8, 4) is 0 Å². The summed E-state index contributed by atoms with van der Waals surface area (Å²) >= 11 is 0. The Morgan fingerprint density at radius 2 is 1.44 bits per heavy atom. The molecule has 3 heteroatoms. The molecule has 3 nitrogen and oxygen atoms in total. The Balaban J connectivity index is 1.93. The molecule has 0 aliphatic heterocycles. The van der Waals surface area contributed by atoms with E-state index in [0.717, 1.165) is 0 Å². The molecular formula is C15H13NO2. The summed E-state index contributed by atoms with van der Waals surface area (Å²) in [5.74, 6) is -0.0554. The predicted octanol–water partition coefficient (Wildman–Crippen LogP) is 2.93. The van der Waals surface area contributed by atoms with Crippen molar-refractivity contribution in [3.63, 3.8) is 0 Å². The first kappa shape index (κ1) is 12.2. The van der Waals surface area contributed by atoms with Crippen molar-refractivity contribution in [1.82, 2.24) is 4.98 Å². The van der Waals surface area contributed by atoms with Gasteiger partial charge in [0.05, 0.1) is 0 Å². The van der Waals surface area contributed by atoms with Gasteiger partial charge in [0.25, 0.3) is 0 Å². The van der Waals surface area contributed by atoms with E-state index in [1.807, 2.05) is 18.2 Å². The van der Waals surface area contributed by atoms with Gasteiger partial charge >= 0.3 is 0 Å². The van der Waals surface area contributed by atoms with Crippen LogP contribution in [0.15, 0.2) is 54.9 Å². The van der Waals surface area contributed by atoms with E-state index in [2.05, 4.69) is 4.98 Å². The highest BCUT2D eigenvalue weighted by Gasteiger charge is 2.10. The van der Waals surface area contributed by atoms with Crippen LogP contribution in [0.5, 0.6) is 0 Å². The van der Waals surface area contributed by atoms with Crippen molar-refractivity contribution in [2.24, 2.45) is 0 Å². The van der Waals surface area contributed by atoms with Crippen LogP contribution in [-0.4, -0.2) is 16.6 Å². The highest BCUT2D eigenvalue weighted by atomic mass is 16.1. The van der Waals surface area contributed by atoms with E-state index in [0.29, 0.717) is 11.1 Å². The monoisotopic (exact) mass is 239 g/mol. The normalized spacial score (nSPS) is 10.0. The highest BCUT2D eigenvalue weighted by molar-refractivity contribution is 6.01. The van der Waals surface area contributed by atoms with Gasteiger partial charge in [0, 0.05) is 36.4 Å². The molecule has 90 valence electrons. The number of Topliss-reactive ketones (excluding diaryl/α,β-unsaturated/α-hetero) is 2. The van der Waals surface area contributed by atoms with E-state index in [9.17, 15) is 9.59 Å². The topological polar surface area (TPSA) is 47.0 Å². The van der Waals surface area contributed by atoms with Gasteiger partial charge in [-0.1, -0.05) is 30.3 Å². The molecule has 1 heterocycles. The lowest BCUT2D eigenvalue weighted by Crippen LogP contribution is -2.05. The van der Waals surface area contributed by atoms with Gasteiger partial charge in [0.2, 0.25) is 0 Å². The first-order chi connectivity index (χ1) is 8.77. The number of benzene rings is 1. The summed E-state index contributed by atoms with van der Waals surface area (Å²) in [6, 6.07) is 12.4. The Bertz CT molecular complexity index is 483. The zero-order valence-corrected chi connectivity index (χ0v) is 9.87. The maximum atomic E-state index is 11.8. The lowest BCUT2D eigenvalue weighted by Gasteiger charge is -2.01.